The van der Waals surface area contributed by atoms with Gasteiger partial charge in [0, 0.05) is 19.5 Å². The lowest BCUT2D eigenvalue weighted by atomic mass is 10.0. The quantitative estimate of drug-likeness (QED) is 0.419. The smallest absolute Gasteiger partial charge is 0.259 e. The first kappa shape index (κ1) is 19.1. The molecule has 0 fully saturated rings. The molecule has 0 saturated heterocycles. The molecule has 5 aromatic rings. The van der Waals surface area contributed by atoms with Gasteiger partial charge >= 0.3 is 0 Å². The number of amides is 1. The third kappa shape index (κ3) is 3.03. The first-order valence-corrected chi connectivity index (χ1v) is 10.3. The number of aromatic nitrogens is 6. The van der Waals surface area contributed by atoms with Gasteiger partial charge in [0.05, 0.1) is 29.1 Å². The van der Waals surface area contributed by atoms with Gasteiger partial charge < -0.3 is 13.9 Å². The average molecular weight is 439 g/mol. The Morgan fingerprint density at radius 3 is 2.55 bits per heavy atom. The van der Waals surface area contributed by atoms with Crippen LogP contribution in [0.15, 0.2) is 63.9 Å². The fourth-order valence-electron chi connectivity index (χ4n) is 3.98. The number of rotatable bonds is 3. The van der Waals surface area contributed by atoms with Crippen molar-refractivity contribution in [1.29, 1.82) is 0 Å². The standard InChI is InChI=1S/C23H17N7O3/c1-13-25-21(28-32-13)19-17-11-29(2)23(31)18-15(9-6-10-16(18)30(17)12-24-19)22-26-20(27-33-22)14-7-4-3-5-8-14/h3-10,12H,11H2,1-2H3. The van der Waals surface area contributed by atoms with Crippen LogP contribution in [-0.4, -0.2) is 47.7 Å². The van der Waals surface area contributed by atoms with E-state index in [0.29, 0.717) is 46.6 Å². The molecular weight excluding hydrogens is 422 g/mol. The maximum absolute atomic E-state index is 13.5. The predicted octanol–water partition coefficient (Wildman–Crippen LogP) is 3.53. The van der Waals surface area contributed by atoms with Gasteiger partial charge in [-0.15, -0.1) is 0 Å². The Hall–Kier alpha value is -4.60. The Morgan fingerprint density at radius 1 is 0.939 bits per heavy atom. The lowest BCUT2D eigenvalue weighted by Crippen LogP contribution is -2.25. The summed E-state index contributed by atoms with van der Waals surface area (Å²) >= 11 is 0. The highest BCUT2D eigenvalue weighted by atomic mass is 16.5. The Balaban J connectivity index is 1.52. The third-order valence-corrected chi connectivity index (χ3v) is 5.54. The van der Waals surface area contributed by atoms with E-state index in [1.165, 1.54) is 0 Å². The van der Waals surface area contributed by atoms with Gasteiger partial charge in [0.25, 0.3) is 11.8 Å². The summed E-state index contributed by atoms with van der Waals surface area (Å²) < 4.78 is 12.6. The van der Waals surface area contributed by atoms with Gasteiger partial charge in [0.15, 0.2) is 0 Å². The van der Waals surface area contributed by atoms with Crippen LogP contribution in [0.25, 0.3) is 40.0 Å². The molecule has 2 aromatic carbocycles. The Bertz CT molecular complexity index is 1500. The number of hydrogen-bond donors (Lipinski definition) is 0. The van der Waals surface area contributed by atoms with Gasteiger partial charge in [-0.3, -0.25) is 9.36 Å². The molecule has 0 N–H and O–H groups in total. The highest BCUT2D eigenvalue weighted by Crippen LogP contribution is 2.35. The molecule has 0 radical (unpaired) electrons. The lowest BCUT2D eigenvalue weighted by molar-refractivity contribution is 0.0788. The Labute approximate surface area is 187 Å². The Morgan fingerprint density at radius 2 is 1.76 bits per heavy atom. The summed E-state index contributed by atoms with van der Waals surface area (Å²) in [4.78, 5) is 28.5. The van der Waals surface area contributed by atoms with Crippen LogP contribution in [0.2, 0.25) is 0 Å². The monoisotopic (exact) mass is 439 g/mol. The fourth-order valence-corrected chi connectivity index (χ4v) is 3.98. The second kappa shape index (κ2) is 7.23. The first-order valence-electron chi connectivity index (χ1n) is 10.3. The summed E-state index contributed by atoms with van der Waals surface area (Å²) in [6.45, 7) is 2.03. The second-order valence-electron chi connectivity index (χ2n) is 7.70. The molecule has 0 aliphatic carbocycles. The zero-order chi connectivity index (χ0) is 22.5. The minimum atomic E-state index is -0.168. The summed E-state index contributed by atoms with van der Waals surface area (Å²) in [6.07, 6.45) is 1.66. The van der Waals surface area contributed by atoms with E-state index in [9.17, 15) is 4.79 Å². The van der Waals surface area contributed by atoms with Gasteiger partial charge in [0.1, 0.15) is 12.0 Å². The molecule has 4 heterocycles. The number of benzene rings is 2. The molecule has 0 atom stereocenters. The number of carbonyl (C=O) groups is 1. The van der Waals surface area contributed by atoms with Gasteiger partial charge in [0.2, 0.25) is 17.5 Å². The summed E-state index contributed by atoms with van der Waals surface area (Å²) in [6, 6.07) is 15.0. The van der Waals surface area contributed by atoms with Crippen molar-refractivity contribution in [2.75, 3.05) is 7.05 Å². The van der Waals surface area contributed by atoms with Crippen LogP contribution in [0.4, 0.5) is 0 Å². The number of imidazole rings is 1. The summed E-state index contributed by atoms with van der Waals surface area (Å²) in [7, 11) is 1.74. The van der Waals surface area contributed by atoms with Crippen molar-refractivity contribution in [3.8, 4) is 40.0 Å². The number of fused-ring (bicyclic) bond motifs is 3. The zero-order valence-corrected chi connectivity index (χ0v) is 17.8. The minimum absolute atomic E-state index is 0.168. The highest BCUT2D eigenvalue weighted by molar-refractivity contribution is 6.04. The van der Waals surface area contributed by atoms with Crippen LogP contribution in [0.1, 0.15) is 21.9 Å². The van der Waals surface area contributed by atoms with Gasteiger partial charge in [-0.2, -0.15) is 9.97 Å². The molecule has 0 bridgehead atoms. The summed E-state index contributed by atoms with van der Waals surface area (Å²) in [5.41, 5.74) is 3.84. The summed E-state index contributed by atoms with van der Waals surface area (Å²) in [5.74, 6) is 1.38. The molecule has 3 aromatic heterocycles. The highest BCUT2D eigenvalue weighted by Gasteiger charge is 2.31. The van der Waals surface area contributed by atoms with E-state index < -0.39 is 0 Å². The van der Waals surface area contributed by atoms with E-state index in [0.717, 1.165) is 11.3 Å². The van der Waals surface area contributed by atoms with Crippen LogP contribution in [0, 0.1) is 6.92 Å². The van der Waals surface area contributed by atoms with Crippen molar-refractivity contribution >= 4 is 5.91 Å². The summed E-state index contributed by atoms with van der Waals surface area (Å²) in [5, 5.41) is 8.11. The third-order valence-electron chi connectivity index (χ3n) is 5.54. The van der Waals surface area contributed by atoms with Crippen LogP contribution in [-0.2, 0) is 6.54 Å². The molecule has 162 valence electrons. The van der Waals surface area contributed by atoms with Crippen molar-refractivity contribution in [2.45, 2.75) is 13.5 Å². The van der Waals surface area contributed by atoms with E-state index in [2.05, 4.69) is 25.3 Å². The Kier molecular flexibility index (Phi) is 4.19. The predicted molar refractivity (Wildman–Crippen MR) is 116 cm³/mol. The van der Waals surface area contributed by atoms with E-state index in [4.69, 9.17) is 9.05 Å². The molecule has 0 saturated carbocycles. The van der Waals surface area contributed by atoms with Crippen molar-refractivity contribution in [3.05, 3.63) is 72.0 Å². The molecule has 1 aliphatic rings. The zero-order valence-electron chi connectivity index (χ0n) is 17.8. The largest absolute Gasteiger partial charge is 0.339 e. The maximum atomic E-state index is 13.5. The molecule has 1 amide bonds. The lowest BCUT2D eigenvalue weighted by Gasteiger charge is -2.15. The van der Waals surface area contributed by atoms with Crippen LogP contribution >= 0.6 is 0 Å². The normalized spacial score (nSPS) is 13.0. The molecule has 33 heavy (non-hydrogen) atoms. The number of nitrogens with zero attached hydrogens (tertiary/aromatic N) is 7. The molecule has 0 spiro atoms. The first-order chi connectivity index (χ1) is 16.1. The fraction of sp³-hybridized carbons (Fsp3) is 0.130. The molecule has 0 unspecified atom stereocenters. The van der Waals surface area contributed by atoms with Crippen LogP contribution in [0.3, 0.4) is 0 Å². The van der Waals surface area contributed by atoms with Crippen molar-refractivity contribution in [2.24, 2.45) is 0 Å². The van der Waals surface area contributed by atoms with Crippen molar-refractivity contribution in [1.82, 2.24) is 34.7 Å². The van der Waals surface area contributed by atoms with E-state index in [-0.39, 0.29) is 11.8 Å². The average Bonchev–Trinajstić information content (AvgIpc) is 3.57. The van der Waals surface area contributed by atoms with Crippen LogP contribution < -0.4 is 0 Å². The van der Waals surface area contributed by atoms with Crippen molar-refractivity contribution in [3.63, 3.8) is 0 Å². The number of aryl methyl sites for hydroxylation is 1. The number of hydrogen-bond acceptors (Lipinski definition) is 8. The minimum Gasteiger partial charge on any atom is -0.339 e. The van der Waals surface area contributed by atoms with Gasteiger partial charge in [-0.05, 0) is 12.1 Å². The van der Waals surface area contributed by atoms with E-state index in [1.807, 2.05) is 47.0 Å². The maximum Gasteiger partial charge on any atom is 0.259 e. The van der Waals surface area contributed by atoms with E-state index >= 15 is 0 Å². The molecule has 10 nitrogen and oxygen atoms in total. The molecule has 1 aliphatic heterocycles. The SMILES string of the molecule is Cc1nc(-c2ncn3c2CN(C)C(=O)c2c(-c4nc(-c5ccccc5)no4)cccc2-3)no1. The van der Waals surface area contributed by atoms with Crippen molar-refractivity contribution < 1.29 is 13.8 Å². The van der Waals surface area contributed by atoms with Gasteiger partial charge in [-0.1, -0.05) is 46.7 Å². The van der Waals surface area contributed by atoms with Gasteiger partial charge in [-0.25, -0.2) is 4.98 Å². The topological polar surface area (TPSA) is 116 Å². The second-order valence-corrected chi connectivity index (χ2v) is 7.70. The molecule has 10 heteroatoms. The van der Waals surface area contributed by atoms with E-state index in [1.54, 1.807) is 31.3 Å². The number of carbonyl (C=O) groups excluding carboxylic acids is 1. The molecular formula is C23H17N7O3. The molecule has 6 rings (SSSR count). The van der Waals surface area contributed by atoms with Crippen LogP contribution in [0.5, 0.6) is 0 Å².